The topological polar surface area (TPSA) is 347 Å². The van der Waals surface area contributed by atoms with Crippen LogP contribution in [0.5, 0.6) is 0 Å². The van der Waals surface area contributed by atoms with Crippen LogP contribution in [-0.4, -0.2) is 53.4 Å². The molecule has 0 saturated carbocycles. The Morgan fingerprint density at radius 1 is 0.471 bits per heavy atom. The van der Waals surface area contributed by atoms with Crippen LogP contribution in [0.1, 0.15) is 10.3 Å². The molecule has 0 bridgehead atoms. The molecule has 17 heavy (non-hydrogen) atoms. The number of hydrogen-bond donors (Lipinski definition) is 6. The Hall–Kier alpha value is -1.60. The quantitative estimate of drug-likeness (QED) is 0.232. The Morgan fingerprint density at radius 3 is 0.471 bits per heavy atom. The van der Waals surface area contributed by atoms with Crippen LogP contribution in [0.4, 0.5) is 0 Å². The van der Waals surface area contributed by atoms with Crippen molar-refractivity contribution in [3.8, 4) is 0 Å². The van der Waals surface area contributed by atoms with Crippen LogP contribution in [0.3, 0.4) is 0 Å². The van der Waals surface area contributed by atoms with Gasteiger partial charge in [-0.25, -0.2) is 0 Å². The van der Waals surface area contributed by atoms with Crippen molar-refractivity contribution in [1.29, 1.82) is 0 Å². The van der Waals surface area contributed by atoms with Crippen LogP contribution in [0.2, 0.25) is 0 Å². The minimum absolute atomic E-state index is 0. The molecular formula is CH18O16. The number of rotatable bonds is 0. The summed E-state index contributed by atoms with van der Waals surface area (Å²) in [6.07, 6.45) is 0. The third kappa shape index (κ3) is 865. The van der Waals surface area contributed by atoms with Gasteiger partial charge in [-0.15, -0.1) is 0 Å². The molecule has 16 heteroatoms. The summed E-state index contributed by atoms with van der Waals surface area (Å²) in [5.41, 5.74) is 0. The Labute approximate surface area is 95.0 Å². The molecule has 0 unspecified atom stereocenters. The molecule has 0 heterocycles. The summed E-state index contributed by atoms with van der Waals surface area (Å²) in [5.74, 6) is 0. The second-order valence-electron chi connectivity index (χ2n) is 0. The summed E-state index contributed by atoms with van der Waals surface area (Å²) in [6.45, 7) is 0. The van der Waals surface area contributed by atoms with Crippen molar-refractivity contribution >= 4 is 0 Å². The van der Waals surface area contributed by atoms with Gasteiger partial charge < -0.3 is 21.9 Å². The third-order valence-corrected chi connectivity index (χ3v) is 0. The molecule has 0 radical (unpaired) electrons. The molecule has 0 aliphatic carbocycles. The van der Waals surface area contributed by atoms with Crippen LogP contribution in [0.25, 0.3) is 0 Å². The van der Waals surface area contributed by atoms with E-state index in [1.165, 1.54) is 0 Å². The van der Waals surface area contributed by atoms with Crippen LogP contribution < -0.4 is 0 Å². The average Bonchev–Trinajstić information content (AvgIpc) is 2.33. The van der Waals surface area contributed by atoms with Crippen molar-refractivity contribution in [2.75, 3.05) is 0 Å². The van der Waals surface area contributed by atoms with E-state index in [1.807, 2.05) is 0 Å². The minimum Gasteiger partial charge on any atom is -0.870 e. The molecule has 0 amide bonds. The average molecular weight is 286 g/mol. The molecule has 16 nitrogen and oxygen atoms in total. The van der Waals surface area contributed by atoms with E-state index in [9.17, 15) is 0 Å². The molecule has 0 atom stereocenters. The molecule has 0 fully saturated rings. The van der Waals surface area contributed by atoms with E-state index in [1.54, 1.807) is 0 Å². The van der Waals surface area contributed by atoms with Gasteiger partial charge in [-0.05, 0) is 0 Å². The maximum Gasteiger partial charge on any atom is 1.00 e. The molecule has 12 N–H and O–H groups in total. The Morgan fingerprint density at radius 2 is 0.471 bits per heavy atom. The van der Waals surface area contributed by atoms with Gasteiger partial charge >= 0.3 is 2.85 Å². The first-order valence-electron chi connectivity index (χ1n) is 1.10. The van der Waals surface area contributed by atoms with Gasteiger partial charge in [0.25, 0.3) is 0 Å². The fraction of sp³-hybridized carbons (Fsp3) is 1.00. The summed E-state index contributed by atoms with van der Waals surface area (Å²) in [6, 6.07) is 0. The van der Waals surface area contributed by atoms with Crippen molar-refractivity contribution in [2.45, 2.75) is 7.43 Å². The van der Waals surface area contributed by atoms with Crippen molar-refractivity contribution < 1.29 is 56.3 Å². The minimum atomic E-state index is 0. The zero-order valence-electron chi connectivity index (χ0n) is 9.03. The fourth-order valence-electron chi connectivity index (χ4n) is 0. The van der Waals surface area contributed by atoms with Crippen molar-refractivity contribution in [3.05, 3.63) is 29.8 Å². The first-order valence-corrected chi connectivity index (χ1v) is 1.10. The van der Waals surface area contributed by atoms with Crippen LogP contribution in [-0.2, 0) is 0 Å². The zero-order chi connectivity index (χ0) is 12.0. The lowest BCUT2D eigenvalue weighted by Gasteiger charge is -1.25. The predicted molar refractivity (Wildman–Crippen MR) is 56.0 cm³/mol. The van der Waals surface area contributed by atoms with E-state index in [4.69, 9.17) is 61.3 Å². The first-order chi connectivity index (χ1) is 6.00. The molecule has 0 aromatic heterocycles. The predicted octanol–water partition coefficient (Wildman–Crippen LogP) is -0.889. The second kappa shape index (κ2) is 1010. The molecule has 0 aliphatic heterocycles. The molecule has 0 spiro atoms. The van der Waals surface area contributed by atoms with E-state index in [2.05, 4.69) is 0 Å². The molecular weight excluding hydrogens is 268 g/mol. The highest BCUT2D eigenvalue weighted by atomic mass is 17.0. The number of hydrogen-bond acceptors (Lipinski definition) is 14. The van der Waals surface area contributed by atoms with Crippen molar-refractivity contribution in [1.82, 2.24) is 0 Å². The molecule has 0 saturated heterocycles. The van der Waals surface area contributed by atoms with Gasteiger partial charge in [-0.2, -0.15) is 0 Å². The molecule has 118 valence electrons. The van der Waals surface area contributed by atoms with Crippen LogP contribution in [0, 0.1) is 29.8 Å². The van der Waals surface area contributed by atoms with E-state index in [0.717, 1.165) is 0 Å². The van der Waals surface area contributed by atoms with Crippen molar-refractivity contribution in [3.63, 3.8) is 0 Å². The molecule has 0 aliphatic rings. The highest BCUT2D eigenvalue weighted by Crippen LogP contribution is 0.746. The SMILES string of the molecule is C.O.O.O=O.O=O.O=O.OO.OO.OO.[H+].[H+].[OH-].[OH-]. The van der Waals surface area contributed by atoms with E-state index in [0.29, 0.717) is 0 Å². The monoisotopic (exact) mass is 286 g/mol. The summed E-state index contributed by atoms with van der Waals surface area (Å²) < 4.78 is 0. The summed E-state index contributed by atoms with van der Waals surface area (Å²) in [4.78, 5) is 42.0. The molecule has 0 aromatic carbocycles. The second-order valence-corrected chi connectivity index (χ2v) is 0. The Balaban J connectivity index is -0.00000000193. The Bertz CT molecular complexity index is 19.5. The summed E-state index contributed by atoms with van der Waals surface area (Å²) in [7, 11) is 0. The van der Waals surface area contributed by atoms with E-state index < -0.39 is 0 Å². The summed E-state index contributed by atoms with van der Waals surface area (Å²) >= 11 is 0. The lowest BCUT2D eigenvalue weighted by molar-refractivity contribution is -0.176. The van der Waals surface area contributed by atoms with Crippen molar-refractivity contribution in [2.24, 2.45) is 0 Å². The van der Waals surface area contributed by atoms with Crippen LogP contribution >= 0.6 is 0 Å². The fourth-order valence-corrected chi connectivity index (χ4v) is 0. The lowest BCUT2D eigenvalue weighted by Crippen LogP contribution is -1.29. The highest BCUT2D eigenvalue weighted by molar-refractivity contribution is 4.08. The van der Waals surface area contributed by atoms with Gasteiger partial charge in [0.2, 0.25) is 0 Å². The normalized spacial score (nSPS) is 1.76. The van der Waals surface area contributed by atoms with Gasteiger partial charge in [0.1, 0.15) is 0 Å². The maximum atomic E-state index is 7.00. The van der Waals surface area contributed by atoms with E-state index >= 15 is 0 Å². The summed E-state index contributed by atoms with van der Waals surface area (Å²) in [5, 5.41) is 36.0. The van der Waals surface area contributed by atoms with Gasteiger partial charge in [0, 0.05) is 29.8 Å². The van der Waals surface area contributed by atoms with E-state index in [-0.39, 0.29) is 32.2 Å². The van der Waals surface area contributed by atoms with Gasteiger partial charge in [0.05, 0.1) is 0 Å². The Kier molecular flexibility index (Phi) is 9800. The standard InChI is InChI=1S/CH4.3H2O2.3O2.4H2O/c;6*1-2;;;;/h1H4;3*1-2H;;;;4*1H2. The first kappa shape index (κ1) is 165. The van der Waals surface area contributed by atoms with Gasteiger partial charge in [-0.1, -0.05) is 7.43 Å². The zero-order valence-corrected chi connectivity index (χ0v) is 7.03. The molecule has 0 rings (SSSR count). The van der Waals surface area contributed by atoms with Crippen LogP contribution in [0.15, 0.2) is 0 Å². The lowest BCUT2D eigenvalue weighted by atomic mass is 12.0. The largest absolute Gasteiger partial charge is 1.00 e. The molecule has 0 aromatic rings. The van der Waals surface area contributed by atoms with Gasteiger partial charge in [0.15, 0.2) is 0 Å². The van der Waals surface area contributed by atoms with Gasteiger partial charge in [-0.3, -0.25) is 31.5 Å². The maximum absolute atomic E-state index is 7.00. The smallest absolute Gasteiger partial charge is 0.870 e. The third-order valence-electron chi connectivity index (χ3n) is 0. The highest BCUT2D eigenvalue weighted by Gasteiger charge is 0.750.